The summed E-state index contributed by atoms with van der Waals surface area (Å²) in [5, 5.41) is 0. The van der Waals surface area contributed by atoms with E-state index < -0.39 is 0 Å². The molecule has 1 atom stereocenters. The summed E-state index contributed by atoms with van der Waals surface area (Å²) in [6, 6.07) is 0. The molecule has 0 N–H and O–H groups in total. The van der Waals surface area contributed by atoms with Crippen molar-refractivity contribution < 1.29 is 28.5 Å². The van der Waals surface area contributed by atoms with Gasteiger partial charge in [-0.25, -0.2) is 0 Å². The van der Waals surface area contributed by atoms with E-state index in [1.807, 2.05) is 0 Å². The minimum absolute atomic E-state index is 0.122. The van der Waals surface area contributed by atoms with E-state index in [0.29, 0.717) is 39.6 Å². The molecule has 0 aromatic rings. The third-order valence-corrected chi connectivity index (χ3v) is 5.53. The Labute approximate surface area is 204 Å². The molecule has 6 nitrogen and oxygen atoms in total. The lowest BCUT2D eigenvalue weighted by atomic mass is 10.0. The fourth-order valence-electron chi connectivity index (χ4n) is 3.56. The minimum atomic E-state index is -0.287. The molecule has 0 rings (SSSR count). The van der Waals surface area contributed by atoms with Gasteiger partial charge in [0.2, 0.25) is 0 Å². The normalized spacial score (nSPS) is 12.2. The lowest BCUT2D eigenvalue weighted by Gasteiger charge is -2.13. The molecule has 0 saturated heterocycles. The first-order valence-electron chi connectivity index (χ1n) is 13.6. The van der Waals surface area contributed by atoms with Crippen LogP contribution in [0.25, 0.3) is 0 Å². The molecule has 6 heteroatoms. The van der Waals surface area contributed by atoms with E-state index in [0.717, 1.165) is 13.0 Å². The highest BCUT2D eigenvalue weighted by atomic mass is 16.6. The largest absolute Gasteiger partial charge is 0.463 e. The second kappa shape index (κ2) is 27.6. The van der Waals surface area contributed by atoms with E-state index >= 15 is 0 Å². The van der Waals surface area contributed by atoms with Crippen molar-refractivity contribution in [3.05, 3.63) is 0 Å². The van der Waals surface area contributed by atoms with Gasteiger partial charge in [0.25, 0.3) is 0 Å². The van der Waals surface area contributed by atoms with Gasteiger partial charge < -0.3 is 23.7 Å². The number of unbranched alkanes of at least 4 members (excludes halogenated alkanes) is 13. The highest BCUT2D eigenvalue weighted by molar-refractivity contribution is 5.65. The number of ether oxygens (including phenoxy) is 5. The van der Waals surface area contributed by atoms with E-state index in [-0.39, 0.29) is 18.7 Å². The SMILES string of the molecule is CCCCCCCCCCCCCCCCO[C@H](C)COCCOCCOCCOC(C)=O. The quantitative estimate of drug-likeness (QED) is 0.100. The zero-order valence-corrected chi connectivity index (χ0v) is 22.1. The van der Waals surface area contributed by atoms with Crippen LogP contribution < -0.4 is 0 Å². The van der Waals surface area contributed by atoms with Crippen molar-refractivity contribution in [2.45, 2.75) is 117 Å². The maximum Gasteiger partial charge on any atom is 0.302 e. The van der Waals surface area contributed by atoms with Gasteiger partial charge >= 0.3 is 5.97 Å². The molecule has 0 aliphatic rings. The molecule has 0 radical (unpaired) electrons. The van der Waals surface area contributed by atoms with E-state index in [1.54, 1.807) is 0 Å². The molecule has 0 spiro atoms. The Morgan fingerprint density at radius 2 is 1.00 bits per heavy atom. The zero-order valence-electron chi connectivity index (χ0n) is 22.1. The van der Waals surface area contributed by atoms with Crippen molar-refractivity contribution in [3.63, 3.8) is 0 Å². The van der Waals surface area contributed by atoms with Crippen LogP contribution in [-0.4, -0.2) is 64.9 Å². The van der Waals surface area contributed by atoms with Gasteiger partial charge in [0, 0.05) is 13.5 Å². The maximum absolute atomic E-state index is 10.6. The average molecular weight is 475 g/mol. The van der Waals surface area contributed by atoms with E-state index in [1.165, 1.54) is 90.4 Å². The Kier molecular flexibility index (Phi) is 27.0. The third kappa shape index (κ3) is 29.3. The van der Waals surface area contributed by atoms with Crippen molar-refractivity contribution in [2.75, 3.05) is 52.9 Å². The van der Waals surface area contributed by atoms with Gasteiger partial charge in [-0.05, 0) is 13.3 Å². The standard InChI is InChI=1S/C27H54O6/c1-4-5-6-7-8-9-10-11-12-13-14-15-16-17-18-32-26(2)25-31-22-21-29-19-20-30-23-24-33-27(3)28/h26H,4-25H2,1-3H3/t26-/m1/s1. The number of carbonyl (C=O) groups excluding carboxylic acids is 1. The van der Waals surface area contributed by atoms with Crippen LogP contribution in [-0.2, 0) is 28.5 Å². The van der Waals surface area contributed by atoms with Gasteiger partial charge in [0.05, 0.1) is 45.7 Å². The van der Waals surface area contributed by atoms with Crippen LogP contribution in [0, 0.1) is 0 Å². The van der Waals surface area contributed by atoms with Crippen LogP contribution in [0.1, 0.15) is 111 Å². The first-order chi connectivity index (χ1) is 16.2. The molecule has 0 aromatic carbocycles. The van der Waals surface area contributed by atoms with Gasteiger partial charge in [-0.1, -0.05) is 90.4 Å². The molecule has 0 aliphatic carbocycles. The number of esters is 1. The molecule has 0 fully saturated rings. The number of hydrogen-bond donors (Lipinski definition) is 0. The molecule has 198 valence electrons. The van der Waals surface area contributed by atoms with Crippen LogP contribution in [0.4, 0.5) is 0 Å². The van der Waals surface area contributed by atoms with Crippen LogP contribution in [0.3, 0.4) is 0 Å². The highest BCUT2D eigenvalue weighted by Crippen LogP contribution is 2.13. The van der Waals surface area contributed by atoms with Crippen LogP contribution >= 0.6 is 0 Å². The van der Waals surface area contributed by atoms with Crippen molar-refractivity contribution >= 4 is 5.97 Å². The summed E-state index contributed by atoms with van der Waals surface area (Å²) >= 11 is 0. The predicted octanol–water partition coefficient (Wildman–Crippen LogP) is 6.49. The molecular formula is C27H54O6. The summed E-state index contributed by atoms with van der Waals surface area (Å²) in [7, 11) is 0. The van der Waals surface area contributed by atoms with Gasteiger partial charge in [-0.2, -0.15) is 0 Å². The Hall–Kier alpha value is -0.690. The summed E-state index contributed by atoms with van der Waals surface area (Å²) in [5.74, 6) is -0.287. The van der Waals surface area contributed by atoms with Gasteiger partial charge in [-0.15, -0.1) is 0 Å². The van der Waals surface area contributed by atoms with Crippen LogP contribution in [0.15, 0.2) is 0 Å². The zero-order chi connectivity index (χ0) is 24.2. The molecule has 0 saturated carbocycles. The van der Waals surface area contributed by atoms with Crippen molar-refractivity contribution in [1.82, 2.24) is 0 Å². The summed E-state index contributed by atoms with van der Waals surface area (Å²) in [4.78, 5) is 10.6. The second-order valence-corrected chi connectivity index (χ2v) is 8.92. The molecule has 0 aliphatic heterocycles. The van der Waals surface area contributed by atoms with E-state index in [9.17, 15) is 4.79 Å². The lowest BCUT2D eigenvalue weighted by molar-refractivity contribution is -0.142. The third-order valence-electron chi connectivity index (χ3n) is 5.53. The molecule has 0 aromatic heterocycles. The Balaban J connectivity index is 3.15. The topological polar surface area (TPSA) is 63.2 Å². The first-order valence-corrected chi connectivity index (χ1v) is 13.6. The van der Waals surface area contributed by atoms with Crippen molar-refractivity contribution in [3.8, 4) is 0 Å². The van der Waals surface area contributed by atoms with Crippen LogP contribution in [0.2, 0.25) is 0 Å². The van der Waals surface area contributed by atoms with Gasteiger partial charge in [0.1, 0.15) is 6.61 Å². The van der Waals surface area contributed by atoms with E-state index in [2.05, 4.69) is 13.8 Å². The molecular weight excluding hydrogens is 420 g/mol. The summed E-state index contributed by atoms with van der Waals surface area (Å²) in [6.07, 6.45) is 19.4. The molecule has 33 heavy (non-hydrogen) atoms. The number of hydrogen-bond acceptors (Lipinski definition) is 6. The predicted molar refractivity (Wildman–Crippen MR) is 135 cm³/mol. The average Bonchev–Trinajstić information content (AvgIpc) is 2.79. The number of rotatable bonds is 27. The lowest BCUT2D eigenvalue weighted by Crippen LogP contribution is -2.19. The van der Waals surface area contributed by atoms with Crippen molar-refractivity contribution in [1.29, 1.82) is 0 Å². The Morgan fingerprint density at radius 1 is 0.576 bits per heavy atom. The fraction of sp³-hybridized carbons (Fsp3) is 0.963. The summed E-state index contributed by atoms with van der Waals surface area (Å²) < 4.78 is 26.9. The van der Waals surface area contributed by atoms with Crippen molar-refractivity contribution in [2.24, 2.45) is 0 Å². The fourth-order valence-corrected chi connectivity index (χ4v) is 3.56. The Bertz CT molecular complexity index is 391. The van der Waals surface area contributed by atoms with Gasteiger partial charge in [0.15, 0.2) is 0 Å². The molecule has 0 amide bonds. The maximum atomic E-state index is 10.6. The Morgan fingerprint density at radius 3 is 1.48 bits per heavy atom. The molecule has 0 unspecified atom stereocenters. The van der Waals surface area contributed by atoms with Crippen LogP contribution in [0.5, 0.6) is 0 Å². The molecule has 0 heterocycles. The second-order valence-electron chi connectivity index (χ2n) is 8.92. The van der Waals surface area contributed by atoms with E-state index in [4.69, 9.17) is 23.7 Å². The summed E-state index contributed by atoms with van der Waals surface area (Å²) in [6.45, 7) is 9.92. The monoisotopic (exact) mass is 474 g/mol. The smallest absolute Gasteiger partial charge is 0.302 e. The summed E-state index contributed by atoms with van der Waals surface area (Å²) in [5.41, 5.74) is 0. The first kappa shape index (κ1) is 32.3. The minimum Gasteiger partial charge on any atom is -0.463 e. The highest BCUT2D eigenvalue weighted by Gasteiger charge is 2.02. The number of carbonyl (C=O) groups is 1. The molecule has 0 bridgehead atoms. The van der Waals surface area contributed by atoms with Gasteiger partial charge in [-0.3, -0.25) is 4.79 Å².